The fourth-order valence-corrected chi connectivity index (χ4v) is 1.81. The second-order valence-electron chi connectivity index (χ2n) is 4.30. The minimum Gasteiger partial charge on any atom is -0.481 e. The molecule has 0 saturated carbocycles. The minimum atomic E-state index is -0.527. The summed E-state index contributed by atoms with van der Waals surface area (Å²) in [6.07, 6.45) is 1.11. The van der Waals surface area contributed by atoms with Crippen LogP contribution in [0.15, 0.2) is 55.1 Å². The molecule has 1 atom stereocenters. The maximum Gasteiger partial charge on any atom is 0.261 e. The van der Waals surface area contributed by atoms with Gasteiger partial charge in [0.05, 0.1) is 0 Å². The zero-order chi connectivity index (χ0) is 13.7. The molecule has 1 N–H and O–H groups in total. The van der Waals surface area contributed by atoms with Crippen LogP contribution in [0.25, 0.3) is 10.8 Å². The van der Waals surface area contributed by atoms with Crippen molar-refractivity contribution >= 4 is 16.7 Å². The highest BCUT2D eigenvalue weighted by atomic mass is 16.5. The van der Waals surface area contributed by atoms with Crippen LogP contribution in [0.1, 0.15) is 6.92 Å². The summed E-state index contributed by atoms with van der Waals surface area (Å²) in [5, 5.41) is 4.96. The second kappa shape index (κ2) is 6.05. The maximum absolute atomic E-state index is 11.7. The molecule has 0 saturated heterocycles. The number of fused-ring (bicyclic) bond motifs is 1. The number of carbonyl (C=O) groups excluding carboxylic acids is 1. The summed E-state index contributed by atoms with van der Waals surface area (Å²) in [6, 6.07) is 13.8. The van der Waals surface area contributed by atoms with E-state index in [-0.39, 0.29) is 5.91 Å². The lowest BCUT2D eigenvalue weighted by Crippen LogP contribution is -2.36. The number of nitrogens with one attached hydrogen (secondary N) is 1. The highest BCUT2D eigenvalue weighted by molar-refractivity contribution is 5.84. The third kappa shape index (κ3) is 3.35. The molecular weight excluding hydrogens is 238 g/mol. The van der Waals surface area contributed by atoms with E-state index in [1.165, 1.54) is 0 Å². The molecule has 2 aromatic carbocycles. The van der Waals surface area contributed by atoms with Gasteiger partial charge in [-0.2, -0.15) is 0 Å². The first-order chi connectivity index (χ1) is 9.20. The third-order valence-electron chi connectivity index (χ3n) is 2.82. The molecule has 2 rings (SSSR count). The Bertz CT molecular complexity index is 592. The number of benzene rings is 2. The predicted molar refractivity (Wildman–Crippen MR) is 77.2 cm³/mol. The van der Waals surface area contributed by atoms with E-state index in [1.54, 1.807) is 13.0 Å². The first-order valence-corrected chi connectivity index (χ1v) is 6.25. The van der Waals surface area contributed by atoms with E-state index in [0.717, 1.165) is 10.8 Å². The first kappa shape index (κ1) is 13.1. The normalized spacial score (nSPS) is 11.8. The molecule has 0 fully saturated rings. The monoisotopic (exact) mass is 255 g/mol. The van der Waals surface area contributed by atoms with Gasteiger partial charge in [0, 0.05) is 6.54 Å². The highest BCUT2D eigenvalue weighted by Crippen LogP contribution is 2.21. The van der Waals surface area contributed by atoms with Gasteiger partial charge in [-0.25, -0.2) is 0 Å². The van der Waals surface area contributed by atoms with Gasteiger partial charge in [-0.1, -0.05) is 36.4 Å². The number of carbonyl (C=O) groups is 1. The number of hydrogen-bond acceptors (Lipinski definition) is 2. The van der Waals surface area contributed by atoms with E-state index in [9.17, 15) is 4.79 Å². The van der Waals surface area contributed by atoms with Crippen LogP contribution in [0.4, 0.5) is 0 Å². The van der Waals surface area contributed by atoms with Gasteiger partial charge in [-0.3, -0.25) is 4.79 Å². The summed E-state index contributed by atoms with van der Waals surface area (Å²) in [6.45, 7) is 5.73. The molecule has 0 aliphatic rings. The van der Waals surface area contributed by atoms with Gasteiger partial charge in [0.1, 0.15) is 5.75 Å². The Morgan fingerprint density at radius 3 is 2.79 bits per heavy atom. The predicted octanol–water partition coefficient (Wildman–Crippen LogP) is 2.91. The van der Waals surface area contributed by atoms with Crippen LogP contribution in [0.5, 0.6) is 5.75 Å². The summed E-state index contributed by atoms with van der Waals surface area (Å²) in [5.74, 6) is 0.549. The van der Waals surface area contributed by atoms with Crippen molar-refractivity contribution < 1.29 is 9.53 Å². The zero-order valence-electron chi connectivity index (χ0n) is 10.9. The second-order valence-corrected chi connectivity index (χ2v) is 4.30. The van der Waals surface area contributed by atoms with Gasteiger partial charge < -0.3 is 10.1 Å². The number of amides is 1. The van der Waals surface area contributed by atoms with Crippen molar-refractivity contribution in [2.24, 2.45) is 0 Å². The average molecular weight is 255 g/mol. The molecule has 0 unspecified atom stereocenters. The number of rotatable bonds is 5. The topological polar surface area (TPSA) is 38.3 Å². The molecule has 3 heteroatoms. The zero-order valence-corrected chi connectivity index (χ0v) is 10.9. The van der Waals surface area contributed by atoms with E-state index in [1.807, 2.05) is 42.5 Å². The molecule has 0 aliphatic heterocycles. The highest BCUT2D eigenvalue weighted by Gasteiger charge is 2.13. The maximum atomic E-state index is 11.7. The van der Waals surface area contributed by atoms with Crippen molar-refractivity contribution in [3.05, 3.63) is 55.1 Å². The van der Waals surface area contributed by atoms with Crippen molar-refractivity contribution in [2.75, 3.05) is 6.54 Å². The van der Waals surface area contributed by atoms with Crippen molar-refractivity contribution in [3.8, 4) is 5.75 Å². The van der Waals surface area contributed by atoms with E-state index >= 15 is 0 Å². The molecule has 3 nitrogen and oxygen atoms in total. The average Bonchev–Trinajstić information content (AvgIpc) is 2.44. The molecule has 1 amide bonds. The Kier molecular flexibility index (Phi) is 4.18. The van der Waals surface area contributed by atoms with Gasteiger partial charge in [-0.15, -0.1) is 6.58 Å². The molecule has 0 heterocycles. The molecule has 2 aromatic rings. The van der Waals surface area contributed by atoms with E-state index in [4.69, 9.17) is 4.74 Å². The van der Waals surface area contributed by atoms with Crippen molar-refractivity contribution in [2.45, 2.75) is 13.0 Å². The molecule has 0 aromatic heterocycles. The Balaban J connectivity index is 2.08. The van der Waals surface area contributed by atoms with Crippen molar-refractivity contribution in [1.29, 1.82) is 0 Å². The Hall–Kier alpha value is -2.29. The molecule has 19 heavy (non-hydrogen) atoms. The van der Waals surface area contributed by atoms with Crippen LogP contribution in [0.3, 0.4) is 0 Å². The van der Waals surface area contributed by atoms with Crippen LogP contribution in [0.2, 0.25) is 0 Å². The van der Waals surface area contributed by atoms with Gasteiger partial charge >= 0.3 is 0 Å². The summed E-state index contributed by atoms with van der Waals surface area (Å²) in [5.41, 5.74) is 0. The van der Waals surface area contributed by atoms with Crippen LogP contribution in [-0.2, 0) is 4.79 Å². The van der Waals surface area contributed by atoms with E-state index in [0.29, 0.717) is 12.3 Å². The number of ether oxygens (including phenoxy) is 1. The quantitative estimate of drug-likeness (QED) is 0.834. The van der Waals surface area contributed by atoms with Crippen LogP contribution in [0, 0.1) is 0 Å². The van der Waals surface area contributed by atoms with Crippen molar-refractivity contribution in [1.82, 2.24) is 5.32 Å². The molecule has 0 radical (unpaired) electrons. The lowest BCUT2D eigenvalue weighted by molar-refractivity contribution is -0.127. The summed E-state index contributed by atoms with van der Waals surface area (Å²) < 4.78 is 5.63. The molecule has 98 valence electrons. The fraction of sp³-hybridized carbons (Fsp3) is 0.188. The van der Waals surface area contributed by atoms with Gasteiger partial charge in [0.2, 0.25) is 0 Å². The standard InChI is InChI=1S/C16H17NO2/c1-3-10-17-16(18)12(2)19-15-9-8-13-6-4-5-7-14(13)11-15/h3-9,11-12H,1,10H2,2H3,(H,17,18)/t12-/m0/s1. The van der Waals surface area contributed by atoms with Crippen LogP contribution < -0.4 is 10.1 Å². The van der Waals surface area contributed by atoms with E-state index in [2.05, 4.69) is 11.9 Å². The Labute approximate surface area is 112 Å². The van der Waals surface area contributed by atoms with Gasteiger partial charge in [0.15, 0.2) is 6.10 Å². The van der Waals surface area contributed by atoms with Gasteiger partial charge in [0.25, 0.3) is 5.91 Å². The van der Waals surface area contributed by atoms with Crippen LogP contribution in [-0.4, -0.2) is 18.6 Å². The fourth-order valence-electron chi connectivity index (χ4n) is 1.81. The molecule has 0 bridgehead atoms. The summed E-state index contributed by atoms with van der Waals surface area (Å²) >= 11 is 0. The van der Waals surface area contributed by atoms with Crippen LogP contribution >= 0.6 is 0 Å². The Morgan fingerprint density at radius 2 is 2.05 bits per heavy atom. The largest absolute Gasteiger partial charge is 0.481 e. The summed E-state index contributed by atoms with van der Waals surface area (Å²) in [7, 11) is 0. The third-order valence-corrected chi connectivity index (χ3v) is 2.82. The minimum absolute atomic E-state index is 0.145. The lowest BCUT2D eigenvalue weighted by atomic mass is 10.1. The Morgan fingerprint density at radius 1 is 1.32 bits per heavy atom. The number of hydrogen-bond donors (Lipinski definition) is 1. The molecule has 0 aliphatic carbocycles. The van der Waals surface area contributed by atoms with Crippen molar-refractivity contribution in [3.63, 3.8) is 0 Å². The SMILES string of the molecule is C=CCNC(=O)[C@H](C)Oc1ccc2ccccc2c1. The lowest BCUT2D eigenvalue weighted by Gasteiger charge is -2.14. The molecular formula is C16H17NO2. The van der Waals surface area contributed by atoms with Gasteiger partial charge in [-0.05, 0) is 29.8 Å². The summed E-state index contributed by atoms with van der Waals surface area (Å²) in [4.78, 5) is 11.7. The molecule has 0 spiro atoms. The van der Waals surface area contributed by atoms with E-state index < -0.39 is 6.10 Å². The first-order valence-electron chi connectivity index (χ1n) is 6.25. The smallest absolute Gasteiger partial charge is 0.261 e.